The summed E-state index contributed by atoms with van der Waals surface area (Å²) < 4.78 is 10.2. The van der Waals surface area contributed by atoms with E-state index in [1.54, 1.807) is 26.2 Å². The van der Waals surface area contributed by atoms with Crippen molar-refractivity contribution in [2.24, 2.45) is 17.3 Å². The predicted octanol–water partition coefficient (Wildman–Crippen LogP) is 4.15. The second kappa shape index (κ2) is 7.78. The van der Waals surface area contributed by atoms with Crippen molar-refractivity contribution < 1.29 is 14.3 Å². The third-order valence-electron chi connectivity index (χ3n) is 6.47. The van der Waals surface area contributed by atoms with Gasteiger partial charge in [0.2, 0.25) is 0 Å². The topological polar surface area (TPSA) is 83.1 Å². The lowest BCUT2D eigenvalue weighted by Gasteiger charge is -2.51. The number of hydrogen-bond acceptors (Lipinski definition) is 6. The highest BCUT2D eigenvalue weighted by Crippen LogP contribution is 2.65. The minimum Gasteiger partial charge on any atom is -0.465 e. The van der Waals surface area contributed by atoms with Gasteiger partial charge in [-0.3, -0.25) is 4.79 Å². The summed E-state index contributed by atoms with van der Waals surface area (Å²) >= 11 is 0.995. The number of esters is 1. The number of rotatable bonds is 4. The number of hydrogen-bond donors (Lipinski definition) is 0. The Hall–Kier alpha value is -2.02. The molecule has 0 bridgehead atoms. The van der Waals surface area contributed by atoms with Gasteiger partial charge in [0.15, 0.2) is 4.75 Å². The first-order valence-corrected chi connectivity index (χ1v) is 10.5. The lowest BCUT2D eigenvalue weighted by atomic mass is 9.59. The largest absolute Gasteiger partial charge is 0.465 e. The Morgan fingerprint density at radius 3 is 2.50 bits per heavy atom. The van der Waals surface area contributed by atoms with Crippen LogP contribution in [0, 0.1) is 39.2 Å². The first-order valence-electron chi connectivity index (χ1n) is 9.69. The van der Waals surface area contributed by atoms with Gasteiger partial charge in [0.1, 0.15) is 5.40 Å². The van der Waals surface area contributed by atoms with Crippen LogP contribution in [0.15, 0.2) is 18.2 Å². The van der Waals surface area contributed by atoms with E-state index < -0.39 is 10.2 Å². The zero-order valence-corrected chi connectivity index (χ0v) is 17.6. The molecule has 3 rings (SSSR count). The van der Waals surface area contributed by atoms with Crippen molar-refractivity contribution in [1.82, 2.24) is 0 Å². The van der Waals surface area contributed by atoms with Crippen LogP contribution in [0.2, 0.25) is 0 Å². The van der Waals surface area contributed by atoms with Crippen molar-refractivity contribution in [2.45, 2.75) is 50.9 Å². The molecule has 28 heavy (non-hydrogen) atoms. The van der Waals surface area contributed by atoms with Crippen LogP contribution in [-0.2, 0) is 25.4 Å². The minimum absolute atomic E-state index is 0.121. The smallest absolute Gasteiger partial charge is 0.328 e. The van der Waals surface area contributed by atoms with Gasteiger partial charge in [0, 0.05) is 12.5 Å². The zero-order chi connectivity index (χ0) is 20.5. The van der Waals surface area contributed by atoms with Gasteiger partial charge < -0.3 is 9.47 Å². The Labute approximate surface area is 171 Å². The highest BCUT2D eigenvalue weighted by atomic mass is 32.2. The molecule has 1 aromatic carbocycles. The van der Waals surface area contributed by atoms with E-state index >= 15 is 0 Å². The number of thiocyanates is 1. The van der Waals surface area contributed by atoms with Crippen LogP contribution in [0.4, 0.5) is 0 Å². The number of thioether (sulfide) groups is 1. The molecular formula is C22H26N2O3S. The molecule has 0 N–H and O–H groups in total. The van der Waals surface area contributed by atoms with Crippen LogP contribution in [0.25, 0.3) is 0 Å². The summed E-state index contributed by atoms with van der Waals surface area (Å²) in [5.41, 5.74) is 1.86. The molecule has 2 aliphatic rings. The van der Waals surface area contributed by atoms with Crippen molar-refractivity contribution in [3.63, 3.8) is 0 Å². The van der Waals surface area contributed by atoms with E-state index in [2.05, 4.69) is 25.3 Å². The van der Waals surface area contributed by atoms with E-state index in [4.69, 9.17) is 9.47 Å². The van der Waals surface area contributed by atoms with Crippen molar-refractivity contribution in [2.75, 3.05) is 13.7 Å². The van der Waals surface area contributed by atoms with Crippen LogP contribution in [-0.4, -0.2) is 25.8 Å². The van der Waals surface area contributed by atoms with Crippen LogP contribution < -0.4 is 0 Å². The fraction of sp³-hybridized carbons (Fsp3) is 0.591. The molecule has 0 radical (unpaired) electrons. The first kappa shape index (κ1) is 20.7. The Balaban J connectivity index is 2.23. The number of nitriles is 2. The number of ether oxygens (including phenoxy) is 2. The maximum Gasteiger partial charge on any atom is 0.328 e. The molecule has 5 atom stereocenters. The molecule has 1 saturated carbocycles. The van der Waals surface area contributed by atoms with E-state index in [0.29, 0.717) is 12.0 Å². The maximum atomic E-state index is 13.4. The maximum absolute atomic E-state index is 13.4. The molecular weight excluding hydrogens is 372 g/mol. The number of carbonyl (C=O) groups excluding carboxylic acids is 1. The highest BCUT2D eigenvalue weighted by molar-refractivity contribution is 8.05. The van der Waals surface area contributed by atoms with E-state index in [-0.39, 0.29) is 30.5 Å². The van der Waals surface area contributed by atoms with Gasteiger partial charge in [-0.2, -0.15) is 10.5 Å². The van der Waals surface area contributed by atoms with Crippen molar-refractivity contribution in [1.29, 1.82) is 10.5 Å². The normalized spacial score (nSPS) is 33.7. The van der Waals surface area contributed by atoms with Gasteiger partial charge in [-0.05, 0) is 73.0 Å². The summed E-state index contributed by atoms with van der Waals surface area (Å²) in [5.74, 6) is 0.115. The van der Waals surface area contributed by atoms with Gasteiger partial charge >= 0.3 is 5.97 Å². The van der Waals surface area contributed by atoms with Gasteiger partial charge in [0.25, 0.3) is 0 Å². The van der Waals surface area contributed by atoms with E-state index in [1.165, 1.54) is 0 Å². The van der Waals surface area contributed by atoms with Crippen molar-refractivity contribution >= 4 is 17.7 Å². The average molecular weight is 399 g/mol. The minimum atomic E-state index is -1.12. The zero-order valence-electron chi connectivity index (χ0n) is 16.8. The molecule has 1 aromatic rings. The second-order valence-electron chi connectivity index (χ2n) is 8.10. The molecule has 1 fully saturated rings. The fourth-order valence-corrected chi connectivity index (χ4v) is 6.78. The average Bonchev–Trinajstić information content (AvgIpc) is 2.91. The van der Waals surface area contributed by atoms with Crippen LogP contribution in [0.1, 0.15) is 50.3 Å². The predicted molar refractivity (Wildman–Crippen MR) is 107 cm³/mol. The van der Waals surface area contributed by atoms with E-state index in [0.717, 1.165) is 35.7 Å². The van der Waals surface area contributed by atoms with Crippen LogP contribution in [0.5, 0.6) is 0 Å². The molecule has 2 aliphatic carbocycles. The SMILES string of the molecule is CCOC(=O)[C@]1(SC#N)c2cc(C#N)ccc2C[C@@]12C[C@@H](C)[C@H](OC)[C@@H](C)C2. The Bertz CT molecular complexity index is 844. The lowest BCUT2D eigenvalue weighted by Crippen LogP contribution is -2.53. The number of carbonyl (C=O) groups is 1. The molecule has 0 unspecified atom stereocenters. The number of benzene rings is 1. The quantitative estimate of drug-likeness (QED) is 0.559. The fourth-order valence-electron chi connectivity index (χ4n) is 5.74. The Morgan fingerprint density at radius 2 is 1.96 bits per heavy atom. The standard InChI is InChI=1S/C22H26N2O3S/c1-5-27-20(25)22(28-13-24)18-8-16(12-23)6-7-17(18)11-21(22)9-14(2)19(26-4)15(3)10-21/h6-8,14-15,19H,5,9-11H2,1-4H3/t14-,15+,19+,21+,22-/m1/s1. The molecule has 6 heteroatoms. The summed E-state index contributed by atoms with van der Waals surface area (Å²) in [6.45, 7) is 6.34. The molecule has 0 aliphatic heterocycles. The van der Waals surface area contributed by atoms with E-state index in [1.807, 2.05) is 6.07 Å². The molecule has 5 nitrogen and oxygen atoms in total. The second-order valence-corrected chi connectivity index (χ2v) is 9.10. The first-order chi connectivity index (χ1) is 13.4. The molecule has 148 valence electrons. The summed E-state index contributed by atoms with van der Waals surface area (Å²) in [6, 6.07) is 7.68. The number of fused-ring (bicyclic) bond motifs is 1. The summed E-state index contributed by atoms with van der Waals surface area (Å²) in [4.78, 5) is 13.4. The third-order valence-corrected chi connectivity index (χ3v) is 7.69. The highest BCUT2D eigenvalue weighted by Gasteiger charge is 2.66. The molecule has 0 heterocycles. The van der Waals surface area contributed by atoms with Crippen molar-refractivity contribution in [3.05, 3.63) is 34.9 Å². The molecule has 0 amide bonds. The van der Waals surface area contributed by atoms with Crippen LogP contribution in [0.3, 0.4) is 0 Å². The Kier molecular flexibility index (Phi) is 5.75. The van der Waals surface area contributed by atoms with Crippen LogP contribution >= 0.6 is 11.8 Å². The van der Waals surface area contributed by atoms with E-state index in [9.17, 15) is 15.3 Å². The molecule has 0 aromatic heterocycles. The monoisotopic (exact) mass is 398 g/mol. The third kappa shape index (κ3) is 2.91. The van der Waals surface area contributed by atoms with Gasteiger partial charge in [0.05, 0.1) is 24.3 Å². The van der Waals surface area contributed by atoms with Gasteiger partial charge in [-0.25, -0.2) is 0 Å². The molecule has 0 saturated heterocycles. The molecule has 1 spiro atoms. The van der Waals surface area contributed by atoms with Crippen molar-refractivity contribution in [3.8, 4) is 11.5 Å². The summed E-state index contributed by atoms with van der Waals surface area (Å²) in [6.07, 6.45) is 2.35. The Morgan fingerprint density at radius 1 is 1.29 bits per heavy atom. The lowest BCUT2D eigenvalue weighted by molar-refractivity contribution is -0.154. The number of nitrogens with zero attached hydrogens (tertiary/aromatic N) is 2. The summed E-state index contributed by atoms with van der Waals surface area (Å²) in [7, 11) is 1.74. The van der Waals surface area contributed by atoms with Gasteiger partial charge in [-0.1, -0.05) is 19.9 Å². The summed E-state index contributed by atoms with van der Waals surface area (Å²) in [5, 5.41) is 21.3. The number of methoxy groups -OCH3 is 1. The van der Waals surface area contributed by atoms with Gasteiger partial charge in [-0.15, -0.1) is 0 Å².